The minimum atomic E-state index is -0.745. The zero-order valence-electron chi connectivity index (χ0n) is 15.7. The topological polar surface area (TPSA) is 125 Å². The molecular weight excluding hydrogens is 394 g/mol. The molecular formula is C20H21N3O5S. The van der Waals surface area contributed by atoms with Crippen LogP contribution in [0.25, 0.3) is 0 Å². The first-order valence-corrected chi connectivity index (χ1v) is 10.1. The van der Waals surface area contributed by atoms with E-state index in [2.05, 4.69) is 17.4 Å². The van der Waals surface area contributed by atoms with Gasteiger partial charge in [-0.25, -0.2) is 0 Å². The lowest BCUT2D eigenvalue weighted by Crippen LogP contribution is -2.29. The maximum atomic E-state index is 12.0. The summed E-state index contributed by atoms with van der Waals surface area (Å²) < 4.78 is 5.68. The van der Waals surface area contributed by atoms with Gasteiger partial charge in [0.15, 0.2) is 0 Å². The smallest absolute Gasteiger partial charge is 0.283 e. The van der Waals surface area contributed by atoms with Crippen LogP contribution in [0.15, 0.2) is 41.3 Å². The number of nitrogens with zero attached hydrogens (tertiary/aromatic N) is 1. The third-order valence-electron chi connectivity index (χ3n) is 4.56. The van der Waals surface area contributed by atoms with Gasteiger partial charge in [-0.05, 0) is 54.7 Å². The van der Waals surface area contributed by atoms with Crippen molar-refractivity contribution in [3.63, 3.8) is 0 Å². The molecule has 3 rings (SSSR count). The quantitative estimate of drug-likeness (QED) is 0.281. The summed E-state index contributed by atoms with van der Waals surface area (Å²) >= 11 is 1.03. The Labute approximate surface area is 172 Å². The van der Waals surface area contributed by atoms with Crippen molar-refractivity contribution in [1.29, 1.82) is 0 Å². The van der Waals surface area contributed by atoms with Crippen LogP contribution in [0.5, 0.6) is 5.75 Å². The van der Waals surface area contributed by atoms with Crippen LogP contribution in [0.4, 0.5) is 5.69 Å². The molecule has 3 N–H and O–H groups in total. The van der Waals surface area contributed by atoms with Gasteiger partial charge >= 0.3 is 0 Å². The zero-order chi connectivity index (χ0) is 20.8. The van der Waals surface area contributed by atoms with E-state index in [1.165, 1.54) is 29.7 Å². The Morgan fingerprint density at radius 1 is 1.17 bits per heavy atom. The van der Waals surface area contributed by atoms with Crippen LogP contribution in [0.1, 0.15) is 27.9 Å². The standard InChI is InChI=1S/C20H21N3O5S/c21-20(25)15-5-7-18(17(11-15)23(26)27)29-12-19(24)22-8-9-28-16-6-4-13-2-1-3-14(13)10-16/h4-7,10-11H,1-3,8-9,12H2,(H2,21,25)(H,22,24). The molecule has 0 spiro atoms. The van der Waals surface area contributed by atoms with Crippen LogP contribution in [0.3, 0.4) is 0 Å². The first kappa shape index (κ1) is 20.7. The van der Waals surface area contributed by atoms with Crippen molar-refractivity contribution in [1.82, 2.24) is 5.32 Å². The number of nitro benzene ring substituents is 1. The molecule has 0 unspecified atom stereocenters. The maximum absolute atomic E-state index is 12.0. The lowest BCUT2D eigenvalue weighted by molar-refractivity contribution is -0.387. The number of primary amides is 1. The predicted octanol–water partition coefficient (Wildman–Crippen LogP) is 2.47. The Balaban J connectivity index is 1.44. The number of hydrogen-bond acceptors (Lipinski definition) is 6. The summed E-state index contributed by atoms with van der Waals surface area (Å²) in [7, 11) is 0. The van der Waals surface area contributed by atoms with E-state index < -0.39 is 10.8 Å². The number of rotatable bonds is 9. The molecule has 0 atom stereocenters. The second-order valence-electron chi connectivity index (χ2n) is 6.58. The number of nitrogens with one attached hydrogen (secondary N) is 1. The van der Waals surface area contributed by atoms with E-state index in [1.54, 1.807) is 0 Å². The van der Waals surface area contributed by atoms with Gasteiger partial charge < -0.3 is 15.8 Å². The van der Waals surface area contributed by atoms with Crippen LogP contribution in [-0.2, 0) is 17.6 Å². The molecule has 0 aromatic heterocycles. The largest absolute Gasteiger partial charge is 0.492 e. The number of nitro groups is 1. The van der Waals surface area contributed by atoms with E-state index >= 15 is 0 Å². The molecule has 1 aliphatic rings. The summed E-state index contributed by atoms with van der Waals surface area (Å²) in [6.45, 7) is 0.668. The number of amides is 2. The first-order valence-electron chi connectivity index (χ1n) is 9.16. The minimum absolute atomic E-state index is 0.00953. The molecule has 9 heteroatoms. The molecule has 1 aliphatic carbocycles. The lowest BCUT2D eigenvalue weighted by Gasteiger charge is -2.09. The highest BCUT2D eigenvalue weighted by atomic mass is 32.2. The Hall–Kier alpha value is -3.07. The third-order valence-corrected chi connectivity index (χ3v) is 5.62. The highest BCUT2D eigenvalue weighted by molar-refractivity contribution is 8.00. The summed E-state index contributed by atoms with van der Waals surface area (Å²) in [5.74, 6) is -0.207. The SMILES string of the molecule is NC(=O)c1ccc(SCC(=O)NCCOc2ccc3c(c2)CCC3)c([N+](=O)[O-])c1. The van der Waals surface area contributed by atoms with Gasteiger partial charge in [-0.2, -0.15) is 0 Å². The van der Waals surface area contributed by atoms with Gasteiger partial charge in [0.2, 0.25) is 11.8 Å². The average molecular weight is 415 g/mol. The number of nitrogens with two attached hydrogens (primary N) is 1. The Morgan fingerprint density at radius 2 is 1.97 bits per heavy atom. The molecule has 0 heterocycles. The molecule has 29 heavy (non-hydrogen) atoms. The third kappa shape index (κ3) is 5.47. The number of fused-ring (bicyclic) bond motifs is 1. The van der Waals surface area contributed by atoms with E-state index in [0.29, 0.717) is 18.0 Å². The van der Waals surface area contributed by atoms with E-state index in [9.17, 15) is 19.7 Å². The van der Waals surface area contributed by atoms with Crippen molar-refractivity contribution in [3.05, 3.63) is 63.2 Å². The van der Waals surface area contributed by atoms with Crippen molar-refractivity contribution in [2.24, 2.45) is 5.73 Å². The van der Waals surface area contributed by atoms with Gasteiger partial charge in [-0.15, -0.1) is 11.8 Å². The summed E-state index contributed by atoms with van der Waals surface area (Å²) in [5, 5.41) is 13.9. The van der Waals surface area contributed by atoms with Gasteiger partial charge in [0.25, 0.3) is 5.69 Å². The van der Waals surface area contributed by atoms with Gasteiger partial charge in [0.1, 0.15) is 12.4 Å². The number of hydrogen-bond donors (Lipinski definition) is 2. The average Bonchev–Trinajstić information content (AvgIpc) is 3.17. The molecule has 152 valence electrons. The molecule has 2 amide bonds. The first-order chi connectivity index (χ1) is 13.9. The van der Waals surface area contributed by atoms with Crippen molar-refractivity contribution >= 4 is 29.3 Å². The van der Waals surface area contributed by atoms with Crippen LogP contribution < -0.4 is 15.8 Å². The van der Waals surface area contributed by atoms with Crippen LogP contribution in [0, 0.1) is 10.1 Å². The van der Waals surface area contributed by atoms with Crippen molar-refractivity contribution in [3.8, 4) is 5.75 Å². The second kappa shape index (κ2) is 9.42. The highest BCUT2D eigenvalue weighted by Crippen LogP contribution is 2.30. The number of thioether (sulfide) groups is 1. The van der Waals surface area contributed by atoms with Crippen LogP contribution in [0.2, 0.25) is 0 Å². The Bertz CT molecular complexity index is 948. The molecule has 0 bridgehead atoms. The summed E-state index contributed by atoms with van der Waals surface area (Å²) in [4.78, 5) is 34.1. The number of carbonyl (C=O) groups excluding carboxylic acids is 2. The van der Waals surface area contributed by atoms with E-state index in [-0.39, 0.29) is 22.9 Å². The van der Waals surface area contributed by atoms with Gasteiger partial charge in [-0.3, -0.25) is 19.7 Å². The van der Waals surface area contributed by atoms with Gasteiger partial charge in [0.05, 0.1) is 22.1 Å². The van der Waals surface area contributed by atoms with Crippen LogP contribution >= 0.6 is 11.8 Å². The molecule has 0 saturated heterocycles. The second-order valence-corrected chi connectivity index (χ2v) is 7.59. The minimum Gasteiger partial charge on any atom is -0.492 e. The zero-order valence-corrected chi connectivity index (χ0v) is 16.5. The normalized spacial score (nSPS) is 12.3. The van der Waals surface area contributed by atoms with Crippen molar-refractivity contribution in [2.45, 2.75) is 24.2 Å². The van der Waals surface area contributed by atoms with E-state index in [4.69, 9.17) is 10.5 Å². The highest BCUT2D eigenvalue weighted by Gasteiger charge is 2.18. The summed E-state index contributed by atoms with van der Waals surface area (Å²) in [6.07, 6.45) is 3.37. The van der Waals surface area contributed by atoms with Gasteiger partial charge in [0, 0.05) is 11.6 Å². The molecule has 0 saturated carbocycles. The number of benzene rings is 2. The number of aryl methyl sites for hydroxylation is 2. The Morgan fingerprint density at radius 3 is 2.72 bits per heavy atom. The fourth-order valence-electron chi connectivity index (χ4n) is 3.13. The monoisotopic (exact) mass is 415 g/mol. The fourth-order valence-corrected chi connectivity index (χ4v) is 3.96. The predicted molar refractivity (Wildman–Crippen MR) is 109 cm³/mol. The lowest BCUT2D eigenvalue weighted by atomic mass is 10.1. The molecule has 0 fully saturated rings. The molecule has 0 aliphatic heterocycles. The molecule has 2 aromatic rings. The van der Waals surface area contributed by atoms with Crippen molar-refractivity contribution in [2.75, 3.05) is 18.9 Å². The Kier molecular flexibility index (Phi) is 6.71. The van der Waals surface area contributed by atoms with Gasteiger partial charge in [-0.1, -0.05) is 6.07 Å². The van der Waals surface area contributed by atoms with Crippen molar-refractivity contribution < 1.29 is 19.2 Å². The fraction of sp³-hybridized carbons (Fsp3) is 0.300. The summed E-state index contributed by atoms with van der Waals surface area (Å²) in [6, 6.07) is 10.0. The van der Waals surface area contributed by atoms with E-state index in [1.807, 2.05) is 6.07 Å². The van der Waals surface area contributed by atoms with Crippen LogP contribution in [-0.4, -0.2) is 35.6 Å². The summed E-state index contributed by atoms with van der Waals surface area (Å²) in [5.41, 5.74) is 7.65. The molecule has 2 aromatic carbocycles. The number of ether oxygens (including phenoxy) is 1. The molecule has 0 radical (unpaired) electrons. The number of carbonyl (C=O) groups is 2. The van der Waals surface area contributed by atoms with E-state index in [0.717, 1.165) is 36.4 Å². The maximum Gasteiger partial charge on any atom is 0.283 e. The molecule has 8 nitrogen and oxygen atoms in total.